The zero-order chi connectivity index (χ0) is 12.7. The highest BCUT2D eigenvalue weighted by molar-refractivity contribution is 8.00. The largest absolute Gasteiger partial charge is 0.377 e. The number of hydrogen-bond donors (Lipinski definition) is 3. The van der Waals surface area contributed by atoms with Crippen molar-refractivity contribution in [3.8, 4) is 0 Å². The molecular weight excluding hydrogens is 224 g/mol. The highest BCUT2D eigenvalue weighted by Gasteiger charge is 2.17. The summed E-state index contributed by atoms with van der Waals surface area (Å²) in [5.41, 5.74) is 5.46. The summed E-state index contributed by atoms with van der Waals surface area (Å²) in [7, 11) is 0. The van der Waals surface area contributed by atoms with Crippen molar-refractivity contribution in [2.24, 2.45) is 11.7 Å². The maximum atomic E-state index is 11.4. The van der Waals surface area contributed by atoms with Gasteiger partial charge in [0.2, 0.25) is 0 Å². The molecule has 2 atom stereocenters. The van der Waals surface area contributed by atoms with Crippen LogP contribution in [0.3, 0.4) is 0 Å². The molecule has 0 spiro atoms. The van der Waals surface area contributed by atoms with Gasteiger partial charge < -0.3 is 16.2 Å². The summed E-state index contributed by atoms with van der Waals surface area (Å²) in [6.45, 7) is 7.79. The van der Waals surface area contributed by atoms with E-state index in [-0.39, 0.29) is 23.8 Å². The average molecular weight is 248 g/mol. The average Bonchev–Trinajstić information content (AvgIpc) is 2.14. The molecule has 0 rings (SSSR count). The van der Waals surface area contributed by atoms with Gasteiger partial charge in [0.25, 0.3) is 0 Å². The fourth-order valence-electron chi connectivity index (χ4n) is 1.13. The maximum absolute atomic E-state index is 11.4. The molecule has 0 aliphatic heterocycles. The Morgan fingerprint density at radius 3 is 2.31 bits per heavy atom. The second kappa shape index (κ2) is 8.06. The van der Waals surface area contributed by atoms with Crippen LogP contribution in [0.2, 0.25) is 0 Å². The standard InChI is InChI=1S/C11H24N2O2S/c1-7(2)10(14)6-16-5-9(11(12)15)13-8(3)4/h7-9,11,13,15H,5-6,12H2,1-4H3. The smallest absolute Gasteiger partial charge is 0.145 e. The van der Waals surface area contributed by atoms with Crippen molar-refractivity contribution >= 4 is 17.5 Å². The second-order valence-electron chi connectivity index (χ2n) is 4.55. The molecule has 0 heterocycles. The van der Waals surface area contributed by atoms with Crippen LogP contribution in [0.1, 0.15) is 27.7 Å². The number of nitrogens with two attached hydrogens (primary N) is 1. The van der Waals surface area contributed by atoms with Gasteiger partial charge in [-0.1, -0.05) is 27.7 Å². The van der Waals surface area contributed by atoms with Gasteiger partial charge in [0, 0.05) is 17.7 Å². The molecule has 0 amide bonds. The number of nitrogens with one attached hydrogen (secondary N) is 1. The molecule has 0 fully saturated rings. The first-order valence-electron chi connectivity index (χ1n) is 5.64. The fourth-order valence-corrected chi connectivity index (χ4v) is 2.33. The van der Waals surface area contributed by atoms with E-state index >= 15 is 0 Å². The van der Waals surface area contributed by atoms with Gasteiger partial charge >= 0.3 is 0 Å². The summed E-state index contributed by atoms with van der Waals surface area (Å²) in [4.78, 5) is 11.4. The quantitative estimate of drug-likeness (QED) is 0.548. The Kier molecular flexibility index (Phi) is 8.01. The van der Waals surface area contributed by atoms with Crippen LogP contribution in [-0.4, -0.2) is 40.7 Å². The molecule has 2 unspecified atom stereocenters. The lowest BCUT2D eigenvalue weighted by Gasteiger charge is -2.23. The zero-order valence-electron chi connectivity index (χ0n) is 10.6. The third-order valence-corrected chi connectivity index (χ3v) is 3.23. The van der Waals surface area contributed by atoms with Gasteiger partial charge in [0.1, 0.15) is 12.0 Å². The Labute approximate surface area is 102 Å². The van der Waals surface area contributed by atoms with E-state index in [2.05, 4.69) is 5.32 Å². The lowest BCUT2D eigenvalue weighted by Crippen LogP contribution is -2.49. The SMILES string of the molecule is CC(C)NC(CSCC(=O)C(C)C)C(N)O. The molecule has 0 aromatic heterocycles. The van der Waals surface area contributed by atoms with Gasteiger partial charge in [0.05, 0.1) is 11.8 Å². The van der Waals surface area contributed by atoms with Crippen molar-refractivity contribution in [1.29, 1.82) is 0 Å². The van der Waals surface area contributed by atoms with Crippen LogP contribution in [-0.2, 0) is 4.79 Å². The summed E-state index contributed by atoms with van der Waals surface area (Å²) in [6, 6.07) is 0.106. The van der Waals surface area contributed by atoms with E-state index in [1.54, 1.807) is 0 Å². The Morgan fingerprint density at radius 2 is 1.94 bits per heavy atom. The van der Waals surface area contributed by atoms with E-state index in [0.29, 0.717) is 11.5 Å². The second-order valence-corrected chi connectivity index (χ2v) is 5.58. The topological polar surface area (TPSA) is 75.4 Å². The van der Waals surface area contributed by atoms with Crippen molar-refractivity contribution in [2.75, 3.05) is 11.5 Å². The molecule has 0 saturated heterocycles. The number of rotatable bonds is 8. The summed E-state index contributed by atoms with van der Waals surface area (Å²) in [5.74, 6) is 1.45. The normalized spacial score (nSPS) is 15.5. The number of thioether (sulfide) groups is 1. The monoisotopic (exact) mass is 248 g/mol. The van der Waals surface area contributed by atoms with Gasteiger partial charge in [-0.3, -0.25) is 4.79 Å². The highest BCUT2D eigenvalue weighted by Crippen LogP contribution is 2.08. The predicted octanol–water partition coefficient (Wildman–Crippen LogP) is 0.588. The van der Waals surface area contributed by atoms with Crippen molar-refractivity contribution < 1.29 is 9.90 Å². The molecule has 0 aromatic carbocycles. The minimum absolute atomic E-state index is 0.0757. The van der Waals surface area contributed by atoms with Crippen LogP contribution in [0.15, 0.2) is 0 Å². The number of hydrogen-bond acceptors (Lipinski definition) is 5. The number of aliphatic hydroxyl groups is 1. The lowest BCUT2D eigenvalue weighted by atomic mass is 10.1. The fraction of sp³-hybridized carbons (Fsp3) is 0.909. The van der Waals surface area contributed by atoms with Crippen molar-refractivity contribution in [3.05, 3.63) is 0 Å². The molecule has 0 aliphatic rings. The van der Waals surface area contributed by atoms with Crippen molar-refractivity contribution in [2.45, 2.75) is 46.0 Å². The van der Waals surface area contributed by atoms with E-state index in [9.17, 15) is 9.90 Å². The van der Waals surface area contributed by atoms with Crippen LogP contribution < -0.4 is 11.1 Å². The first-order chi connectivity index (χ1) is 7.34. The number of Topliss-reactive ketones (excluding diaryl/α,β-unsaturated/α-hetero) is 1. The van der Waals surface area contributed by atoms with Crippen LogP contribution in [0, 0.1) is 5.92 Å². The molecule has 4 nitrogen and oxygen atoms in total. The Hall–Kier alpha value is -0.100. The van der Waals surface area contributed by atoms with Gasteiger partial charge in [-0.2, -0.15) is 11.8 Å². The Balaban J connectivity index is 3.89. The third-order valence-electron chi connectivity index (χ3n) is 2.15. The van der Waals surface area contributed by atoms with Crippen LogP contribution in [0.25, 0.3) is 0 Å². The van der Waals surface area contributed by atoms with E-state index < -0.39 is 6.23 Å². The van der Waals surface area contributed by atoms with Crippen LogP contribution in [0.5, 0.6) is 0 Å². The summed E-state index contributed by atoms with van der Waals surface area (Å²) < 4.78 is 0. The molecule has 0 bridgehead atoms. The third kappa shape index (κ3) is 7.22. The molecular formula is C11H24N2O2S. The number of aliphatic hydroxyl groups excluding tert-OH is 1. The number of carbonyl (C=O) groups excluding carboxylic acids is 1. The molecule has 0 aliphatic carbocycles. The Morgan fingerprint density at radius 1 is 1.38 bits per heavy atom. The Bertz CT molecular complexity index is 208. The van der Waals surface area contributed by atoms with E-state index in [0.717, 1.165) is 0 Å². The van der Waals surface area contributed by atoms with Crippen LogP contribution >= 0.6 is 11.8 Å². The molecule has 0 radical (unpaired) electrons. The van der Waals surface area contributed by atoms with E-state index in [4.69, 9.17) is 5.73 Å². The molecule has 5 heteroatoms. The summed E-state index contributed by atoms with van der Waals surface area (Å²) in [6.07, 6.45) is -0.885. The van der Waals surface area contributed by atoms with Crippen LogP contribution in [0.4, 0.5) is 0 Å². The van der Waals surface area contributed by atoms with Crippen molar-refractivity contribution in [1.82, 2.24) is 5.32 Å². The minimum atomic E-state index is -0.885. The van der Waals surface area contributed by atoms with E-state index in [1.165, 1.54) is 11.8 Å². The van der Waals surface area contributed by atoms with Gasteiger partial charge in [-0.15, -0.1) is 0 Å². The van der Waals surface area contributed by atoms with Gasteiger partial charge in [-0.25, -0.2) is 0 Å². The zero-order valence-corrected chi connectivity index (χ0v) is 11.4. The lowest BCUT2D eigenvalue weighted by molar-refractivity contribution is -0.119. The summed E-state index contributed by atoms with van der Waals surface area (Å²) >= 11 is 1.52. The molecule has 4 N–H and O–H groups in total. The minimum Gasteiger partial charge on any atom is -0.377 e. The molecule has 96 valence electrons. The van der Waals surface area contributed by atoms with Gasteiger partial charge in [-0.05, 0) is 0 Å². The summed E-state index contributed by atoms with van der Waals surface area (Å²) in [5, 5.41) is 12.5. The first-order valence-corrected chi connectivity index (χ1v) is 6.80. The highest BCUT2D eigenvalue weighted by atomic mass is 32.2. The van der Waals surface area contributed by atoms with Crippen molar-refractivity contribution in [3.63, 3.8) is 0 Å². The van der Waals surface area contributed by atoms with Gasteiger partial charge in [0.15, 0.2) is 0 Å². The molecule has 0 saturated carbocycles. The molecule has 16 heavy (non-hydrogen) atoms. The molecule has 0 aromatic rings. The number of carbonyl (C=O) groups is 1. The first kappa shape index (κ1) is 15.9. The number of ketones is 1. The predicted molar refractivity (Wildman–Crippen MR) is 69.4 cm³/mol. The maximum Gasteiger partial charge on any atom is 0.145 e. The van der Waals surface area contributed by atoms with E-state index in [1.807, 2.05) is 27.7 Å².